The first kappa shape index (κ1) is 20.2. The Morgan fingerprint density at radius 2 is 1.67 bits per heavy atom. The second-order valence-corrected chi connectivity index (χ2v) is 8.70. The van der Waals surface area contributed by atoms with Crippen molar-refractivity contribution in [3.05, 3.63) is 29.8 Å². The minimum Gasteiger partial charge on any atom is -0.379 e. The largest absolute Gasteiger partial charge is 0.379 e. The molecule has 1 amide bonds. The molecule has 8 nitrogen and oxygen atoms in total. The molecule has 2 N–H and O–H groups in total. The molecule has 2 aliphatic rings. The first-order valence-corrected chi connectivity index (χ1v) is 10.9. The summed E-state index contributed by atoms with van der Waals surface area (Å²) in [4.78, 5) is 14.0. The van der Waals surface area contributed by atoms with Crippen molar-refractivity contribution >= 4 is 15.9 Å². The van der Waals surface area contributed by atoms with Crippen LogP contribution in [0.2, 0.25) is 0 Å². The van der Waals surface area contributed by atoms with E-state index in [1.54, 1.807) is 12.1 Å². The Morgan fingerprint density at radius 3 is 2.33 bits per heavy atom. The number of hydrogen-bond donors (Lipinski definition) is 2. The van der Waals surface area contributed by atoms with Crippen LogP contribution in [0.4, 0.5) is 0 Å². The maximum absolute atomic E-state index is 12.6. The fourth-order valence-corrected chi connectivity index (χ4v) is 4.67. The predicted molar refractivity (Wildman–Crippen MR) is 99.4 cm³/mol. The first-order valence-electron chi connectivity index (χ1n) is 9.45. The van der Waals surface area contributed by atoms with Gasteiger partial charge in [0.1, 0.15) is 13.1 Å². The Hall–Kier alpha value is -1.52. The van der Waals surface area contributed by atoms with Crippen LogP contribution in [-0.4, -0.2) is 84.3 Å². The average molecular weight is 399 g/mol. The second kappa shape index (κ2) is 9.61. The highest BCUT2D eigenvalue weighted by Gasteiger charge is 2.26. The Labute approximate surface area is 160 Å². The van der Waals surface area contributed by atoms with Gasteiger partial charge in [0.05, 0.1) is 37.9 Å². The Balaban J connectivity index is 1.48. The molecule has 1 aromatic rings. The van der Waals surface area contributed by atoms with Gasteiger partial charge in [0.25, 0.3) is 5.91 Å². The van der Waals surface area contributed by atoms with E-state index in [-0.39, 0.29) is 10.8 Å². The lowest BCUT2D eigenvalue weighted by Crippen LogP contribution is -3.14. The van der Waals surface area contributed by atoms with Gasteiger partial charge >= 0.3 is 0 Å². The maximum Gasteiger partial charge on any atom is 0.251 e. The third kappa shape index (κ3) is 5.49. The number of sulfonamides is 1. The molecule has 27 heavy (non-hydrogen) atoms. The van der Waals surface area contributed by atoms with Crippen molar-refractivity contribution in [3.63, 3.8) is 0 Å². The summed E-state index contributed by atoms with van der Waals surface area (Å²) in [6, 6.07) is 6.13. The number of benzene rings is 1. The van der Waals surface area contributed by atoms with Gasteiger partial charge < -0.3 is 19.7 Å². The number of nitrogens with zero attached hydrogens (tertiary/aromatic N) is 1. The number of carbonyl (C=O) groups is 1. The number of hydrogen-bond acceptors (Lipinski definition) is 5. The summed E-state index contributed by atoms with van der Waals surface area (Å²) < 4.78 is 37.1. The zero-order valence-electron chi connectivity index (χ0n) is 15.5. The van der Waals surface area contributed by atoms with Crippen molar-refractivity contribution in [2.45, 2.75) is 11.3 Å². The highest BCUT2D eigenvalue weighted by Crippen LogP contribution is 2.17. The monoisotopic (exact) mass is 398 g/mol. The summed E-state index contributed by atoms with van der Waals surface area (Å²) in [5, 5.41) is 2.90. The van der Waals surface area contributed by atoms with E-state index in [1.807, 2.05) is 0 Å². The normalized spacial score (nSPS) is 19.7. The zero-order valence-corrected chi connectivity index (χ0v) is 16.3. The SMILES string of the molecule is O=C(NCCC[NH+]1CCOCC1)c1ccc(S(=O)(=O)N2CCOCC2)cc1. The van der Waals surface area contributed by atoms with Crippen molar-refractivity contribution in [2.24, 2.45) is 0 Å². The van der Waals surface area contributed by atoms with Gasteiger partial charge in [0, 0.05) is 31.6 Å². The van der Waals surface area contributed by atoms with E-state index < -0.39 is 10.0 Å². The molecule has 2 saturated heterocycles. The third-order valence-corrected chi connectivity index (χ3v) is 6.83. The van der Waals surface area contributed by atoms with E-state index in [9.17, 15) is 13.2 Å². The van der Waals surface area contributed by atoms with Crippen molar-refractivity contribution in [1.29, 1.82) is 0 Å². The smallest absolute Gasteiger partial charge is 0.251 e. The number of amides is 1. The van der Waals surface area contributed by atoms with Crippen LogP contribution in [0, 0.1) is 0 Å². The summed E-state index contributed by atoms with van der Waals surface area (Å²) >= 11 is 0. The van der Waals surface area contributed by atoms with Gasteiger partial charge in [0.2, 0.25) is 10.0 Å². The van der Waals surface area contributed by atoms with Crippen LogP contribution >= 0.6 is 0 Å². The van der Waals surface area contributed by atoms with Crippen molar-refractivity contribution < 1.29 is 27.6 Å². The van der Waals surface area contributed by atoms with Gasteiger partial charge in [-0.25, -0.2) is 8.42 Å². The van der Waals surface area contributed by atoms with Crippen LogP contribution < -0.4 is 10.2 Å². The maximum atomic E-state index is 12.6. The summed E-state index contributed by atoms with van der Waals surface area (Å²) in [5.41, 5.74) is 0.467. The summed E-state index contributed by atoms with van der Waals surface area (Å²) in [7, 11) is -3.53. The lowest BCUT2D eigenvalue weighted by molar-refractivity contribution is -0.908. The molecule has 0 bridgehead atoms. The molecule has 1 aromatic carbocycles. The van der Waals surface area contributed by atoms with Gasteiger partial charge in [-0.15, -0.1) is 0 Å². The second-order valence-electron chi connectivity index (χ2n) is 6.76. The first-order chi connectivity index (χ1) is 13.1. The lowest BCUT2D eigenvalue weighted by atomic mass is 10.2. The van der Waals surface area contributed by atoms with E-state index in [0.29, 0.717) is 38.4 Å². The highest BCUT2D eigenvalue weighted by atomic mass is 32.2. The van der Waals surface area contributed by atoms with E-state index in [2.05, 4.69) is 5.32 Å². The Kier molecular flexibility index (Phi) is 7.20. The van der Waals surface area contributed by atoms with Gasteiger partial charge in [-0.1, -0.05) is 0 Å². The van der Waals surface area contributed by atoms with Gasteiger partial charge in [-0.05, 0) is 24.3 Å². The number of morpholine rings is 2. The van der Waals surface area contributed by atoms with Crippen LogP contribution in [0.1, 0.15) is 16.8 Å². The molecule has 2 aliphatic heterocycles. The molecule has 0 spiro atoms. The van der Waals surface area contributed by atoms with Crippen LogP contribution in [-0.2, 0) is 19.5 Å². The van der Waals surface area contributed by atoms with E-state index >= 15 is 0 Å². The van der Waals surface area contributed by atoms with Crippen LogP contribution in [0.3, 0.4) is 0 Å². The molecule has 2 heterocycles. The predicted octanol–water partition coefficient (Wildman–Crippen LogP) is -1.26. The van der Waals surface area contributed by atoms with Crippen LogP contribution in [0.15, 0.2) is 29.2 Å². The molecular formula is C18H28N3O5S+. The quantitative estimate of drug-likeness (QED) is 0.560. The standard InChI is InChI=1S/C18H27N3O5S/c22-18(19-6-1-7-20-8-12-25-13-9-20)16-2-4-17(5-3-16)27(23,24)21-10-14-26-15-11-21/h2-5H,1,6-15H2,(H,19,22)/p+1. The number of carbonyl (C=O) groups excluding carboxylic acids is 1. The molecule has 9 heteroatoms. The van der Waals surface area contributed by atoms with E-state index in [0.717, 1.165) is 39.3 Å². The molecule has 0 radical (unpaired) electrons. The number of quaternary nitrogens is 1. The molecule has 0 aliphatic carbocycles. The average Bonchev–Trinajstić information content (AvgIpc) is 2.72. The zero-order chi connectivity index (χ0) is 19.1. The molecule has 0 aromatic heterocycles. The highest BCUT2D eigenvalue weighted by molar-refractivity contribution is 7.89. The van der Waals surface area contributed by atoms with Gasteiger partial charge in [-0.3, -0.25) is 4.79 Å². The minimum atomic E-state index is -3.53. The molecule has 3 rings (SSSR count). The summed E-state index contributed by atoms with van der Waals surface area (Å²) in [5.74, 6) is -0.178. The molecule has 0 saturated carbocycles. The summed E-state index contributed by atoms with van der Waals surface area (Å²) in [6.45, 7) is 6.81. The molecule has 2 fully saturated rings. The van der Waals surface area contributed by atoms with Crippen molar-refractivity contribution in [1.82, 2.24) is 9.62 Å². The number of nitrogens with one attached hydrogen (secondary N) is 2. The molecule has 0 atom stereocenters. The Bertz CT molecular complexity index is 711. The van der Waals surface area contributed by atoms with E-state index in [1.165, 1.54) is 21.3 Å². The number of rotatable bonds is 7. The lowest BCUT2D eigenvalue weighted by Gasteiger charge is -2.26. The van der Waals surface area contributed by atoms with Crippen LogP contribution in [0.25, 0.3) is 0 Å². The van der Waals surface area contributed by atoms with Gasteiger partial charge in [-0.2, -0.15) is 4.31 Å². The van der Waals surface area contributed by atoms with Crippen molar-refractivity contribution in [2.75, 3.05) is 65.7 Å². The summed E-state index contributed by atoms with van der Waals surface area (Å²) in [6.07, 6.45) is 0.907. The molecule has 150 valence electrons. The van der Waals surface area contributed by atoms with Crippen LogP contribution in [0.5, 0.6) is 0 Å². The Morgan fingerprint density at radius 1 is 1.04 bits per heavy atom. The third-order valence-electron chi connectivity index (χ3n) is 4.92. The fraction of sp³-hybridized carbons (Fsp3) is 0.611. The topological polar surface area (TPSA) is 89.4 Å². The number of ether oxygens (including phenoxy) is 2. The van der Waals surface area contributed by atoms with Crippen molar-refractivity contribution in [3.8, 4) is 0 Å². The molecular weight excluding hydrogens is 370 g/mol. The van der Waals surface area contributed by atoms with Gasteiger partial charge in [0.15, 0.2) is 0 Å². The molecule has 0 unspecified atom stereocenters. The van der Waals surface area contributed by atoms with E-state index in [4.69, 9.17) is 9.47 Å². The minimum absolute atomic E-state index is 0.178. The fourth-order valence-electron chi connectivity index (χ4n) is 3.27.